The Labute approximate surface area is 248 Å². The Bertz CT molecular complexity index is 1820. The van der Waals surface area contributed by atoms with Gasteiger partial charge < -0.3 is 19.5 Å². The van der Waals surface area contributed by atoms with E-state index >= 15 is 0 Å². The normalized spacial score (nSPS) is 16.4. The van der Waals surface area contributed by atoms with E-state index in [9.17, 15) is 27.6 Å². The van der Waals surface area contributed by atoms with E-state index in [1.807, 2.05) is 4.90 Å². The maximum atomic E-state index is 13.5. The Balaban J connectivity index is 1.33. The lowest BCUT2D eigenvalue weighted by molar-refractivity contribution is -0.274. The Morgan fingerprint density at radius 3 is 2.45 bits per heavy atom. The van der Waals surface area contributed by atoms with Crippen LogP contribution in [0.25, 0.3) is 27.7 Å². The summed E-state index contributed by atoms with van der Waals surface area (Å²) in [6.45, 7) is 1.99. The second kappa shape index (κ2) is 11.4. The molecule has 14 heteroatoms. The molecule has 4 aromatic rings. The number of nitrogens with zero attached hydrogens (tertiary/aromatic N) is 4. The lowest BCUT2D eigenvalue weighted by Crippen LogP contribution is -2.51. The number of carbonyl (C=O) groups excluding carboxylic acids is 2. The molecular formula is C30H26F3N5O6. The zero-order chi connectivity index (χ0) is 31.1. The first-order chi connectivity index (χ1) is 21.1. The van der Waals surface area contributed by atoms with E-state index in [1.54, 1.807) is 30.3 Å². The van der Waals surface area contributed by atoms with Crippen LogP contribution in [0.2, 0.25) is 0 Å². The van der Waals surface area contributed by atoms with Crippen molar-refractivity contribution < 1.29 is 37.0 Å². The van der Waals surface area contributed by atoms with Gasteiger partial charge in [-0.2, -0.15) is 0 Å². The fourth-order valence-corrected chi connectivity index (χ4v) is 5.33. The number of amides is 1. The summed E-state index contributed by atoms with van der Waals surface area (Å²) in [6, 6.07) is 11.7. The quantitative estimate of drug-likeness (QED) is 0.310. The number of morpholine rings is 1. The molecule has 44 heavy (non-hydrogen) atoms. The lowest BCUT2D eigenvalue weighted by atomic mass is 10.0. The molecule has 2 aromatic heterocycles. The molecule has 2 aromatic carbocycles. The second-order valence-electron chi connectivity index (χ2n) is 10.4. The highest BCUT2D eigenvalue weighted by molar-refractivity contribution is 6.01. The average molecular weight is 610 g/mol. The zero-order valence-electron chi connectivity index (χ0n) is 23.4. The van der Waals surface area contributed by atoms with Crippen molar-refractivity contribution in [2.45, 2.75) is 24.7 Å². The van der Waals surface area contributed by atoms with Crippen LogP contribution in [-0.2, 0) is 14.3 Å². The molecule has 6 rings (SSSR count). The molecule has 1 saturated heterocycles. The highest BCUT2D eigenvalue weighted by Crippen LogP contribution is 2.44. The van der Waals surface area contributed by atoms with Crippen LogP contribution in [0, 0.1) is 0 Å². The highest BCUT2D eigenvalue weighted by atomic mass is 19.4. The number of rotatable bonds is 7. The molecule has 0 radical (unpaired) electrons. The van der Waals surface area contributed by atoms with E-state index in [1.165, 1.54) is 36.3 Å². The van der Waals surface area contributed by atoms with Crippen LogP contribution >= 0.6 is 0 Å². The number of methoxy groups -OCH3 is 1. The highest BCUT2D eigenvalue weighted by Gasteiger charge is 2.54. The lowest BCUT2D eigenvalue weighted by Gasteiger charge is -2.34. The number of ether oxygens (including phenoxy) is 3. The summed E-state index contributed by atoms with van der Waals surface area (Å²) in [5.74, 6) is -1.65. The number of alkyl halides is 3. The van der Waals surface area contributed by atoms with Gasteiger partial charge in [-0.1, -0.05) is 6.07 Å². The van der Waals surface area contributed by atoms with Crippen LogP contribution in [0.5, 0.6) is 5.75 Å². The van der Waals surface area contributed by atoms with Gasteiger partial charge in [-0.15, -0.1) is 13.2 Å². The number of pyridine rings is 1. The topological polar surface area (TPSA) is 125 Å². The molecule has 1 saturated carbocycles. The molecule has 0 atom stereocenters. The summed E-state index contributed by atoms with van der Waals surface area (Å²) < 4.78 is 55.2. The van der Waals surface area contributed by atoms with E-state index in [0.29, 0.717) is 55.8 Å². The molecule has 228 valence electrons. The van der Waals surface area contributed by atoms with Gasteiger partial charge in [0, 0.05) is 19.3 Å². The van der Waals surface area contributed by atoms with Crippen LogP contribution in [0.15, 0.2) is 65.8 Å². The number of esters is 1. The number of hydrogen-bond donors (Lipinski definition) is 1. The molecule has 0 spiro atoms. The van der Waals surface area contributed by atoms with Crippen molar-refractivity contribution in [1.29, 1.82) is 0 Å². The van der Waals surface area contributed by atoms with Crippen molar-refractivity contribution in [2.75, 3.05) is 38.7 Å². The summed E-state index contributed by atoms with van der Waals surface area (Å²) in [5.41, 5.74) is 0.416. The Kier molecular flexibility index (Phi) is 7.55. The largest absolute Gasteiger partial charge is 0.573 e. The molecule has 3 heterocycles. The van der Waals surface area contributed by atoms with Crippen molar-refractivity contribution in [3.8, 4) is 22.6 Å². The first-order valence-electron chi connectivity index (χ1n) is 13.7. The molecule has 1 aliphatic carbocycles. The SMILES string of the molecule is COC(=O)c1cc(-c2ccc3c(=O)n(-c4ccc(OC(F)(F)F)c(NC(=O)C5(N6CCOCC6)CC5)c4)cnc3c2)ccn1. The predicted molar refractivity (Wildman–Crippen MR) is 152 cm³/mol. The summed E-state index contributed by atoms with van der Waals surface area (Å²) in [5, 5.41) is 2.86. The van der Waals surface area contributed by atoms with Crippen molar-refractivity contribution in [3.63, 3.8) is 0 Å². The predicted octanol–water partition coefficient (Wildman–Crippen LogP) is 3.94. The van der Waals surface area contributed by atoms with Crippen molar-refractivity contribution in [1.82, 2.24) is 19.4 Å². The molecular weight excluding hydrogens is 583 g/mol. The molecule has 2 aliphatic rings. The molecule has 0 bridgehead atoms. The van der Waals surface area contributed by atoms with Crippen LogP contribution < -0.4 is 15.6 Å². The third-order valence-electron chi connectivity index (χ3n) is 7.72. The van der Waals surface area contributed by atoms with E-state index in [2.05, 4.69) is 20.0 Å². The third-order valence-corrected chi connectivity index (χ3v) is 7.72. The summed E-state index contributed by atoms with van der Waals surface area (Å²) in [4.78, 5) is 49.2. The Hall–Kier alpha value is -4.82. The molecule has 2 fully saturated rings. The summed E-state index contributed by atoms with van der Waals surface area (Å²) in [7, 11) is 1.25. The van der Waals surface area contributed by atoms with Gasteiger partial charge in [-0.3, -0.25) is 19.1 Å². The van der Waals surface area contributed by atoms with Crippen molar-refractivity contribution in [3.05, 3.63) is 77.1 Å². The molecule has 0 unspecified atom stereocenters. The van der Waals surface area contributed by atoms with Gasteiger partial charge in [0.05, 0.1) is 42.6 Å². The Morgan fingerprint density at radius 2 is 1.75 bits per heavy atom. The number of hydrogen-bond acceptors (Lipinski definition) is 9. The van der Waals surface area contributed by atoms with Crippen LogP contribution in [0.1, 0.15) is 23.3 Å². The number of benzene rings is 2. The van der Waals surface area contributed by atoms with Crippen LogP contribution in [0.3, 0.4) is 0 Å². The first kappa shape index (κ1) is 29.3. The second-order valence-corrected chi connectivity index (χ2v) is 10.4. The van der Waals surface area contributed by atoms with E-state index in [4.69, 9.17) is 9.47 Å². The smallest absolute Gasteiger partial charge is 0.464 e. The minimum Gasteiger partial charge on any atom is -0.464 e. The van der Waals surface area contributed by atoms with Gasteiger partial charge in [0.15, 0.2) is 5.75 Å². The number of halogens is 3. The fourth-order valence-electron chi connectivity index (χ4n) is 5.33. The molecule has 1 aliphatic heterocycles. The minimum atomic E-state index is -5.01. The van der Waals surface area contributed by atoms with Gasteiger partial charge in [0.1, 0.15) is 17.6 Å². The van der Waals surface area contributed by atoms with Gasteiger partial charge in [-0.05, 0) is 66.4 Å². The number of aromatic nitrogens is 3. The molecule has 1 amide bonds. The van der Waals surface area contributed by atoms with Crippen LogP contribution in [0.4, 0.5) is 18.9 Å². The number of fused-ring (bicyclic) bond motifs is 1. The Morgan fingerprint density at radius 1 is 1.00 bits per heavy atom. The average Bonchev–Trinajstić information content (AvgIpc) is 3.84. The standard InChI is InChI=1S/C30H26F3N5O6/c1-42-27(40)24-15-19(6-9-34-24)18-2-4-21-22(14-18)35-17-38(26(21)39)20-3-5-25(44-30(31,32)33)23(16-20)36-28(41)29(7-8-29)37-10-12-43-13-11-37/h2-6,9,14-17H,7-8,10-13H2,1H3,(H,36,41). The molecule has 11 nitrogen and oxygen atoms in total. The van der Waals surface area contributed by atoms with Gasteiger partial charge in [0.25, 0.3) is 5.56 Å². The van der Waals surface area contributed by atoms with E-state index < -0.39 is 35.1 Å². The van der Waals surface area contributed by atoms with Gasteiger partial charge in [-0.25, -0.2) is 14.8 Å². The van der Waals surface area contributed by atoms with Gasteiger partial charge >= 0.3 is 12.3 Å². The van der Waals surface area contributed by atoms with Gasteiger partial charge in [0.2, 0.25) is 5.91 Å². The monoisotopic (exact) mass is 609 g/mol. The zero-order valence-corrected chi connectivity index (χ0v) is 23.4. The summed E-state index contributed by atoms with van der Waals surface area (Å²) >= 11 is 0. The molecule has 1 N–H and O–H groups in total. The fraction of sp³-hybridized carbons (Fsp3) is 0.300. The number of nitrogens with one attached hydrogen (secondary N) is 1. The minimum absolute atomic E-state index is 0.117. The van der Waals surface area contributed by atoms with Crippen molar-refractivity contribution >= 4 is 28.5 Å². The maximum absolute atomic E-state index is 13.5. The van der Waals surface area contributed by atoms with Crippen LogP contribution in [-0.4, -0.2) is 76.6 Å². The number of anilines is 1. The van der Waals surface area contributed by atoms with Crippen molar-refractivity contribution in [2.24, 2.45) is 0 Å². The van der Waals surface area contributed by atoms with E-state index in [-0.39, 0.29) is 22.5 Å². The van der Waals surface area contributed by atoms with E-state index in [0.717, 1.165) is 6.07 Å². The summed E-state index contributed by atoms with van der Waals surface area (Å²) in [6.07, 6.45) is -1.16. The third kappa shape index (κ3) is 5.73. The number of carbonyl (C=O) groups is 2. The maximum Gasteiger partial charge on any atom is 0.573 e. The first-order valence-corrected chi connectivity index (χ1v) is 13.7.